The van der Waals surface area contributed by atoms with Gasteiger partial charge in [0, 0.05) is 25.2 Å². The minimum atomic E-state index is -0.429. The Bertz CT molecular complexity index is 449. The highest BCUT2D eigenvalue weighted by atomic mass is 32.1. The number of hydrogen-bond donors (Lipinski definition) is 1. The molecule has 1 unspecified atom stereocenters. The third kappa shape index (κ3) is 5.32. The second kappa shape index (κ2) is 6.79. The quantitative estimate of drug-likeness (QED) is 0.869. The molecule has 0 aromatic carbocycles. The van der Waals surface area contributed by atoms with Crippen LogP contribution in [-0.2, 0) is 4.74 Å². The molecule has 1 saturated carbocycles. The summed E-state index contributed by atoms with van der Waals surface area (Å²) < 4.78 is 5.49. The van der Waals surface area contributed by atoms with Crippen molar-refractivity contribution >= 4 is 17.4 Å². The first-order valence-corrected chi connectivity index (χ1v) is 8.56. The lowest BCUT2D eigenvalue weighted by atomic mass is 10.2. The minimum Gasteiger partial charge on any atom is -0.444 e. The largest absolute Gasteiger partial charge is 0.444 e. The summed E-state index contributed by atoms with van der Waals surface area (Å²) in [6.45, 7) is 9.37. The molecule has 0 saturated heterocycles. The predicted molar refractivity (Wildman–Crippen MR) is 86.7 cm³/mol. The van der Waals surface area contributed by atoms with Crippen molar-refractivity contribution < 1.29 is 9.53 Å². The second-order valence-corrected chi connectivity index (χ2v) is 7.42. The van der Waals surface area contributed by atoms with Crippen LogP contribution in [0.5, 0.6) is 0 Å². The summed E-state index contributed by atoms with van der Waals surface area (Å²) in [5.41, 5.74) is 0.872. The van der Waals surface area contributed by atoms with E-state index in [1.165, 1.54) is 5.56 Å². The highest BCUT2D eigenvalue weighted by Crippen LogP contribution is 2.28. The fourth-order valence-electron chi connectivity index (χ4n) is 2.17. The summed E-state index contributed by atoms with van der Waals surface area (Å²) in [5, 5.41) is 7.72. The van der Waals surface area contributed by atoms with Crippen LogP contribution >= 0.6 is 11.3 Å². The van der Waals surface area contributed by atoms with Gasteiger partial charge in [-0.1, -0.05) is 0 Å². The number of amides is 1. The lowest BCUT2D eigenvalue weighted by Gasteiger charge is -2.28. The van der Waals surface area contributed by atoms with Crippen molar-refractivity contribution in [1.29, 1.82) is 0 Å². The van der Waals surface area contributed by atoms with Crippen molar-refractivity contribution in [3.8, 4) is 0 Å². The normalized spacial score (nSPS) is 16.6. The fraction of sp³-hybridized carbons (Fsp3) is 0.688. The van der Waals surface area contributed by atoms with E-state index in [4.69, 9.17) is 4.74 Å². The molecule has 1 heterocycles. The second-order valence-electron chi connectivity index (χ2n) is 6.64. The third-order valence-corrected chi connectivity index (χ3v) is 4.16. The molecule has 1 amide bonds. The van der Waals surface area contributed by atoms with E-state index in [0.717, 1.165) is 19.4 Å². The van der Waals surface area contributed by atoms with Crippen LogP contribution in [-0.4, -0.2) is 35.7 Å². The van der Waals surface area contributed by atoms with Crippen LogP contribution in [0.3, 0.4) is 0 Å². The Kier molecular flexibility index (Phi) is 5.27. The molecular formula is C16H26N2O2S. The molecule has 5 heteroatoms. The lowest BCUT2D eigenvalue weighted by molar-refractivity contribution is 0.0235. The zero-order valence-electron chi connectivity index (χ0n) is 13.4. The number of ether oxygens (including phenoxy) is 1. The van der Waals surface area contributed by atoms with Crippen LogP contribution in [0.25, 0.3) is 0 Å². The zero-order chi connectivity index (χ0) is 15.5. The number of hydrogen-bond acceptors (Lipinski definition) is 4. The topological polar surface area (TPSA) is 41.6 Å². The summed E-state index contributed by atoms with van der Waals surface area (Å²) >= 11 is 1.71. The van der Waals surface area contributed by atoms with Crippen LogP contribution < -0.4 is 5.32 Å². The van der Waals surface area contributed by atoms with E-state index in [9.17, 15) is 4.79 Å². The third-order valence-electron chi connectivity index (χ3n) is 3.46. The minimum absolute atomic E-state index is 0.185. The maximum atomic E-state index is 12.2. The molecule has 21 heavy (non-hydrogen) atoms. The molecule has 1 atom stereocenters. The fourth-order valence-corrected chi connectivity index (χ4v) is 2.92. The maximum absolute atomic E-state index is 12.2. The van der Waals surface area contributed by atoms with Crippen molar-refractivity contribution in [1.82, 2.24) is 10.2 Å². The van der Waals surface area contributed by atoms with Crippen LogP contribution in [0.2, 0.25) is 0 Å². The van der Waals surface area contributed by atoms with Crippen LogP contribution in [0.1, 0.15) is 52.1 Å². The molecule has 1 fully saturated rings. The van der Waals surface area contributed by atoms with Gasteiger partial charge in [0.2, 0.25) is 0 Å². The van der Waals surface area contributed by atoms with Gasteiger partial charge in [-0.05, 0) is 62.9 Å². The molecule has 0 bridgehead atoms. The Hall–Kier alpha value is -1.07. The molecule has 1 aliphatic rings. The molecule has 1 aromatic rings. The van der Waals surface area contributed by atoms with Gasteiger partial charge in [0.1, 0.15) is 5.60 Å². The Morgan fingerprint density at radius 1 is 1.52 bits per heavy atom. The van der Waals surface area contributed by atoms with Gasteiger partial charge >= 0.3 is 6.09 Å². The molecule has 1 N–H and O–H groups in total. The van der Waals surface area contributed by atoms with Gasteiger partial charge in [0.25, 0.3) is 0 Å². The van der Waals surface area contributed by atoms with Gasteiger partial charge in [-0.2, -0.15) is 11.3 Å². The average molecular weight is 310 g/mol. The van der Waals surface area contributed by atoms with Gasteiger partial charge < -0.3 is 15.0 Å². The van der Waals surface area contributed by atoms with Crippen molar-refractivity contribution in [3.63, 3.8) is 0 Å². The van der Waals surface area contributed by atoms with Gasteiger partial charge in [-0.15, -0.1) is 0 Å². The van der Waals surface area contributed by atoms with Crippen LogP contribution in [0.15, 0.2) is 16.8 Å². The Labute approximate surface area is 131 Å². The summed E-state index contributed by atoms with van der Waals surface area (Å²) in [6.07, 6.45) is 2.01. The average Bonchev–Trinajstić information content (AvgIpc) is 3.04. The SMILES string of the molecule is CC(NCCN(C(=O)OC(C)(C)C)C1CC1)c1ccsc1. The van der Waals surface area contributed by atoms with E-state index < -0.39 is 5.60 Å². The van der Waals surface area contributed by atoms with E-state index in [1.54, 1.807) is 11.3 Å². The van der Waals surface area contributed by atoms with Crippen molar-refractivity contribution in [2.24, 2.45) is 0 Å². The summed E-state index contributed by atoms with van der Waals surface area (Å²) in [5.74, 6) is 0. The summed E-state index contributed by atoms with van der Waals surface area (Å²) in [7, 11) is 0. The first-order valence-electron chi connectivity index (χ1n) is 7.62. The van der Waals surface area contributed by atoms with Gasteiger partial charge in [-0.25, -0.2) is 4.79 Å². The van der Waals surface area contributed by atoms with Gasteiger partial charge in [0.05, 0.1) is 0 Å². The Morgan fingerprint density at radius 2 is 2.24 bits per heavy atom. The van der Waals surface area contributed by atoms with E-state index in [0.29, 0.717) is 18.6 Å². The standard InChI is InChI=1S/C16H26N2O2S/c1-12(13-7-10-21-11-13)17-8-9-18(14-5-6-14)15(19)20-16(2,3)4/h7,10-12,14,17H,5-6,8-9H2,1-4H3. The zero-order valence-corrected chi connectivity index (χ0v) is 14.2. The summed E-state index contributed by atoms with van der Waals surface area (Å²) in [4.78, 5) is 14.1. The highest BCUT2D eigenvalue weighted by molar-refractivity contribution is 7.07. The predicted octanol–water partition coefficient (Wildman–Crippen LogP) is 3.80. The number of nitrogens with zero attached hydrogens (tertiary/aromatic N) is 1. The molecule has 118 valence electrons. The van der Waals surface area contributed by atoms with Crippen molar-refractivity contribution in [2.45, 2.75) is 58.2 Å². The molecule has 0 spiro atoms. The van der Waals surface area contributed by atoms with Crippen molar-refractivity contribution in [3.05, 3.63) is 22.4 Å². The molecule has 4 nitrogen and oxygen atoms in total. The van der Waals surface area contributed by atoms with E-state index in [2.05, 4.69) is 29.1 Å². The van der Waals surface area contributed by atoms with E-state index >= 15 is 0 Å². The Balaban J connectivity index is 1.79. The van der Waals surface area contributed by atoms with Gasteiger partial charge in [-0.3, -0.25) is 0 Å². The monoisotopic (exact) mass is 310 g/mol. The van der Waals surface area contributed by atoms with Crippen LogP contribution in [0, 0.1) is 0 Å². The number of thiophene rings is 1. The number of carbonyl (C=O) groups is 1. The Morgan fingerprint density at radius 3 is 2.76 bits per heavy atom. The molecule has 2 rings (SSSR count). The molecule has 1 aromatic heterocycles. The number of carbonyl (C=O) groups excluding carboxylic acids is 1. The first-order chi connectivity index (χ1) is 9.87. The number of nitrogens with one attached hydrogen (secondary N) is 1. The molecule has 0 aliphatic heterocycles. The van der Waals surface area contributed by atoms with Crippen LogP contribution in [0.4, 0.5) is 4.79 Å². The van der Waals surface area contributed by atoms with Gasteiger partial charge in [0.15, 0.2) is 0 Å². The molecular weight excluding hydrogens is 284 g/mol. The maximum Gasteiger partial charge on any atom is 0.410 e. The van der Waals surface area contributed by atoms with E-state index in [1.807, 2.05) is 25.7 Å². The first kappa shape index (κ1) is 16.3. The van der Waals surface area contributed by atoms with Crippen molar-refractivity contribution in [2.75, 3.05) is 13.1 Å². The summed E-state index contributed by atoms with van der Waals surface area (Å²) in [6, 6.07) is 2.82. The molecule has 0 radical (unpaired) electrons. The highest BCUT2D eigenvalue weighted by Gasteiger charge is 2.34. The molecule has 1 aliphatic carbocycles. The smallest absolute Gasteiger partial charge is 0.410 e. The lowest BCUT2D eigenvalue weighted by Crippen LogP contribution is -2.42. The van der Waals surface area contributed by atoms with E-state index in [-0.39, 0.29) is 6.09 Å². The number of rotatable bonds is 6.